The lowest BCUT2D eigenvalue weighted by Gasteiger charge is -2.16. The van der Waals surface area contributed by atoms with Crippen LogP contribution in [0.1, 0.15) is 11.1 Å². The lowest BCUT2D eigenvalue weighted by Crippen LogP contribution is -1.99. The highest BCUT2D eigenvalue weighted by atomic mass is 14.2. The third kappa shape index (κ3) is 1.25. The molecule has 2 rings (SSSR count). The zero-order valence-corrected chi connectivity index (χ0v) is 7.59. The number of benzene rings is 1. The first kappa shape index (κ1) is 8.06. The van der Waals surface area contributed by atoms with Crippen LogP contribution in [0.4, 0.5) is 0 Å². The summed E-state index contributed by atoms with van der Waals surface area (Å²) in [7, 11) is 0. The van der Waals surface area contributed by atoms with Crippen molar-refractivity contribution in [2.75, 3.05) is 0 Å². The number of hydrogen-bond acceptors (Lipinski definition) is 0. The van der Waals surface area contributed by atoms with Crippen molar-refractivity contribution in [3.8, 4) is 0 Å². The van der Waals surface area contributed by atoms with E-state index in [0.717, 1.165) is 12.0 Å². The minimum Gasteiger partial charge on any atom is -0.0985 e. The van der Waals surface area contributed by atoms with Crippen molar-refractivity contribution in [2.24, 2.45) is 0 Å². The predicted molar refractivity (Wildman–Crippen MR) is 57.5 cm³/mol. The standard InChI is InChI=1S/C13H12/c1-3-11-8-9-12-6-4-5-7-13(12)10(11)2/h3-8H,1-2,9H2. The Kier molecular flexibility index (Phi) is 1.90. The van der Waals surface area contributed by atoms with Gasteiger partial charge in [-0.25, -0.2) is 0 Å². The molecule has 0 fully saturated rings. The molecular formula is C13H12. The fourth-order valence-corrected chi connectivity index (χ4v) is 1.70. The van der Waals surface area contributed by atoms with Gasteiger partial charge in [-0.15, -0.1) is 0 Å². The normalized spacial score (nSPS) is 14.8. The van der Waals surface area contributed by atoms with Crippen molar-refractivity contribution in [1.29, 1.82) is 0 Å². The molecule has 0 atom stereocenters. The minimum atomic E-state index is 0.997. The Morgan fingerprint density at radius 1 is 1.23 bits per heavy atom. The van der Waals surface area contributed by atoms with Crippen LogP contribution in [0.5, 0.6) is 0 Å². The average Bonchev–Trinajstić information content (AvgIpc) is 2.19. The lowest BCUT2D eigenvalue weighted by molar-refractivity contribution is 1.21. The molecular weight excluding hydrogens is 156 g/mol. The van der Waals surface area contributed by atoms with Crippen molar-refractivity contribution >= 4 is 5.57 Å². The molecule has 0 unspecified atom stereocenters. The van der Waals surface area contributed by atoms with Crippen molar-refractivity contribution in [2.45, 2.75) is 6.42 Å². The second kappa shape index (κ2) is 3.06. The molecule has 1 aromatic carbocycles. The van der Waals surface area contributed by atoms with Crippen LogP contribution in [-0.4, -0.2) is 0 Å². The molecule has 0 heterocycles. The van der Waals surface area contributed by atoms with E-state index in [1.807, 2.05) is 6.08 Å². The van der Waals surface area contributed by atoms with Crippen LogP contribution in [-0.2, 0) is 6.42 Å². The maximum Gasteiger partial charge on any atom is -0.00821 e. The van der Waals surface area contributed by atoms with Gasteiger partial charge in [-0.2, -0.15) is 0 Å². The Balaban J connectivity index is 2.53. The molecule has 1 aromatic rings. The van der Waals surface area contributed by atoms with E-state index in [0.29, 0.717) is 0 Å². The van der Waals surface area contributed by atoms with Crippen molar-refractivity contribution in [3.63, 3.8) is 0 Å². The van der Waals surface area contributed by atoms with Gasteiger partial charge in [0.15, 0.2) is 0 Å². The van der Waals surface area contributed by atoms with E-state index in [9.17, 15) is 0 Å². The third-order valence-corrected chi connectivity index (χ3v) is 2.45. The highest BCUT2D eigenvalue weighted by Crippen LogP contribution is 2.30. The second-order valence-electron chi connectivity index (χ2n) is 3.20. The zero-order chi connectivity index (χ0) is 9.26. The summed E-state index contributed by atoms with van der Waals surface area (Å²) < 4.78 is 0. The Hall–Kier alpha value is -1.56. The van der Waals surface area contributed by atoms with E-state index in [1.165, 1.54) is 16.7 Å². The van der Waals surface area contributed by atoms with Crippen LogP contribution in [0.15, 0.2) is 55.1 Å². The van der Waals surface area contributed by atoms with Gasteiger partial charge < -0.3 is 0 Å². The summed E-state index contributed by atoms with van der Waals surface area (Å²) >= 11 is 0. The summed E-state index contributed by atoms with van der Waals surface area (Å²) in [5.74, 6) is 0. The molecule has 0 amide bonds. The van der Waals surface area contributed by atoms with Gasteiger partial charge in [-0.1, -0.05) is 49.6 Å². The number of fused-ring (bicyclic) bond motifs is 1. The van der Waals surface area contributed by atoms with E-state index in [-0.39, 0.29) is 0 Å². The van der Waals surface area contributed by atoms with Crippen molar-refractivity contribution < 1.29 is 0 Å². The highest BCUT2D eigenvalue weighted by Gasteiger charge is 2.11. The molecule has 0 bridgehead atoms. The molecule has 0 N–H and O–H groups in total. The molecule has 0 radical (unpaired) electrons. The number of allylic oxidation sites excluding steroid dienone is 4. The van der Waals surface area contributed by atoms with Crippen LogP contribution in [0.2, 0.25) is 0 Å². The summed E-state index contributed by atoms with van der Waals surface area (Å²) in [5.41, 5.74) is 4.88. The summed E-state index contributed by atoms with van der Waals surface area (Å²) in [6.45, 7) is 7.85. The SMILES string of the molecule is C=CC1=CCc2ccccc2C1=C. The average molecular weight is 168 g/mol. The summed E-state index contributed by atoms with van der Waals surface area (Å²) in [5, 5.41) is 0. The fourth-order valence-electron chi connectivity index (χ4n) is 1.70. The second-order valence-corrected chi connectivity index (χ2v) is 3.20. The van der Waals surface area contributed by atoms with Gasteiger partial charge in [0.1, 0.15) is 0 Å². The van der Waals surface area contributed by atoms with E-state index >= 15 is 0 Å². The Bertz CT molecular complexity index is 394. The van der Waals surface area contributed by atoms with Crippen molar-refractivity contribution in [1.82, 2.24) is 0 Å². The smallest absolute Gasteiger partial charge is 0.00821 e. The molecule has 0 spiro atoms. The largest absolute Gasteiger partial charge is 0.0985 e. The monoisotopic (exact) mass is 168 g/mol. The minimum absolute atomic E-state index is 0.997. The Morgan fingerprint density at radius 3 is 2.77 bits per heavy atom. The van der Waals surface area contributed by atoms with E-state index in [2.05, 4.69) is 43.5 Å². The van der Waals surface area contributed by atoms with Gasteiger partial charge >= 0.3 is 0 Å². The molecule has 0 nitrogen and oxygen atoms in total. The molecule has 0 aromatic heterocycles. The van der Waals surface area contributed by atoms with E-state index in [4.69, 9.17) is 0 Å². The van der Waals surface area contributed by atoms with Crippen LogP contribution >= 0.6 is 0 Å². The third-order valence-electron chi connectivity index (χ3n) is 2.45. The lowest BCUT2D eigenvalue weighted by atomic mass is 9.88. The molecule has 0 aliphatic heterocycles. The maximum atomic E-state index is 4.07. The van der Waals surface area contributed by atoms with Gasteiger partial charge in [-0.3, -0.25) is 0 Å². The fraction of sp³-hybridized carbons (Fsp3) is 0.0769. The predicted octanol–water partition coefficient (Wildman–Crippen LogP) is 3.37. The Labute approximate surface area is 78.9 Å². The summed E-state index contributed by atoms with van der Waals surface area (Å²) in [4.78, 5) is 0. The first-order valence-corrected chi connectivity index (χ1v) is 4.43. The quantitative estimate of drug-likeness (QED) is 0.603. The number of hydrogen-bond donors (Lipinski definition) is 0. The first-order chi connectivity index (χ1) is 6.33. The summed E-state index contributed by atoms with van der Waals surface area (Å²) in [6, 6.07) is 8.39. The number of rotatable bonds is 1. The van der Waals surface area contributed by atoms with Gasteiger partial charge in [0.2, 0.25) is 0 Å². The van der Waals surface area contributed by atoms with Crippen molar-refractivity contribution in [3.05, 3.63) is 66.3 Å². The van der Waals surface area contributed by atoms with Crippen LogP contribution in [0.3, 0.4) is 0 Å². The molecule has 1 aliphatic rings. The van der Waals surface area contributed by atoms with E-state index < -0.39 is 0 Å². The molecule has 13 heavy (non-hydrogen) atoms. The topological polar surface area (TPSA) is 0 Å². The first-order valence-electron chi connectivity index (χ1n) is 4.43. The van der Waals surface area contributed by atoms with Gasteiger partial charge in [0.25, 0.3) is 0 Å². The van der Waals surface area contributed by atoms with Gasteiger partial charge in [0.05, 0.1) is 0 Å². The Morgan fingerprint density at radius 2 is 2.00 bits per heavy atom. The molecule has 0 heteroatoms. The van der Waals surface area contributed by atoms with Crippen LogP contribution < -0.4 is 0 Å². The van der Waals surface area contributed by atoms with Crippen LogP contribution in [0.25, 0.3) is 5.57 Å². The highest BCUT2D eigenvalue weighted by molar-refractivity contribution is 5.83. The van der Waals surface area contributed by atoms with E-state index in [1.54, 1.807) is 0 Å². The zero-order valence-electron chi connectivity index (χ0n) is 7.59. The van der Waals surface area contributed by atoms with Gasteiger partial charge in [0, 0.05) is 0 Å². The molecule has 0 saturated heterocycles. The van der Waals surface area contributed by atoms with Crippen LogP contribution in [0, 0.1) is 0 Å². The maximum absolute atomic E-state index is 4.07. The molecule has 1 aliphatic carbocycles. The summed E-state index contributed by atoms with van der Waals surface area (Å²) in [6.07, 6.45) is 5.05. The van der Waals surface area contributed by atoms with Gasteiger partial charge in [-0.05, 0) is 28.7 Å². The molecule has 64 valence electrons. The molecule has 0 saturated carbocycles.